The van der Waals surface area contributed by atoms with E-state index in [1.165, 1.54) is 6.08 Å². The number of ketones is 1. The molecular weight excluding hydrogens is 228 g/mol. The van der Waals surface area contributed by atoms with E-state index in [1.54, 1.807) is 6.92 Å². The van der Waals surface area contributed by atoms with Crippen LogP contribution in [0.15, 0.2) is 34.9 Å². The van der Waals surface area contributed by atoms with E-state index in [9.17, 15) is 14.7 Å². The van der Waals surface area contributed by atoms with Crippen LogP contribution in [0.2, 0.25) is 0 Å². The van der Waals surface area contributed by atoms with E-state index in [2.05, 4.69) is 6.58 Å². The van der Waals surface area contributed by atoms with Gasteiger partial charge in [-0.05, 0) is 56.3 Å². The molecule has 3 nitrogen and oxygen atoms in total. The van der Waals surface area contributed by atoms with Crippen LogP contribution in [0.4, 0.5) is 0 Å². The summed E-state index contributed by atoms with van der Waals surface area (Å²) < 4.78 is 0. The molecule has 0 aromatic rings. The molecule has 18 heavy (non-hydrogen) atoms. The van der Waals surface area contributed by atoms with E-state index in [0.29, 0.717) is 23.1 Å². The minimum atomic E-state index is -1.20. The van der Waals surface area contributed by atoms with Gasteiger partial charge in [-0.1, -0.05) is 12.2 Å². The van der Waals surface area contributed by atoms with Gasteiger partial charge in [-0.25, -0.2) is 0 Å². The van der Waals surface area contributed by atoms with Crippen molar-refractivity contribution in [3.05, 3.63) is 34.9 Å². The second-order valence-electron chi connectivity index (χ2n) is 5.34. The van der Waals surface area contributed by atoms with E-state index < -0.39 is 5.60 Å². The van der Waals surface area contributed by atoms with Crippen molar-refractivity contribution in [3.63, 3.8) is 0 Å². The van der Waals surface area contributed by atoms with Crippen molar-refractivity contribution in [1.82, 2.24) is 0 Å². The molecular formula is C15H18O3. The van der Waals surface area contributed by atoms with Crippen molar-refractivity contribution < 1.29 is 14.7 Å². The number of fused-ring (bicyclic) bond motifs is 1. The summed E-state index contributed by atoms with van der Waals surface area (Å²) >= 11 is 0. The van der Waals surface area contributed by atoms with Crippen LogP contribution in [-0.2, 0) is 9.59 Å². The van der Waals surface area contributed by atoms with Crippen LogP contribution in [-0.4, -0.2) is 22.8 Å². The first-order valence-corrected chi connectivity index (χ1v) is 6.20. The smallest absolute Gasteiger partial charge is 0.185 e. The zero-order chi connectivity index (χ0) is 13.5. The second-order valence-corrected chi connectivity index (χ2v) is 5.34. The third kappa shape index (κ3) is 1.79. The predicted molar refractivity (Wildman–Crippen MR) is 69.0 cm³/mol. The van der Waals surface area contributed by atoms with Crippen LogP contribution in [0, 0.1) is 5.92 Å². The summed E-state index contributed by atoms with van der Waals surface area (Å²) in [6.45, 7) is 7.40. The van der Waals surface area contributed by atoms with Gasteiger partial charge in [0.2, 0.25) is 0 Å². The number of aldehydes is 1. The number of carbonyl (C=O) groups is 2. The Bertz CT molecular complexity index is 496. The van der Waals surface area contributed by atoms with Crippen LogP contribution in [0.25, 0.3) is 0 Å². The van der Waals surface area contributed by atoms with E-state index in [4.69, 9.17) is 0 Å². The largest absolute Gasteiger partial charge is 0.381 e. The fourth-order valence-electron chi connectivity index (χ4n) is 3.00. The Morgan fingerprint density at radius 3 is 2.83 bits per heavy atom. The molecule has 0 heterocycles. The zero-order valence-corrected chi connectivity index (χ0v) is 10.8. The average molecular weight is 246 g/mol. The molecule has 0 saturated carbocycles. The van der Waals surface area contributed by atoms with Gasteiger partial charge in [-0.2, -0.15) is 0 Å². The Morgan fingerprint density at radius 2 is 2.22 bits per heavy atom. The minimum Gasteiger partial charge on any atom is -0.381 e. The summed E-state index contributed by atoms with van der Waals surface area (Å²) in [6, 6.07) is 0. The lowest BCUT2D eigenvalue weighted by Gasteiger charge is -2.29. The van der Waals surface area contributed by atoms with Gasteiger partial charge in [0.05, 0.1) is 0 Å². The van der Waals surface area contributed by atoms with Crippen molar-refractivity contribution in [3.8, 4) is 0 Å². The van der Waals surface area contributed by atoms with E-state index in [0.717, 1.165) is 24.7 Å². The lowest BCUT2D eigenvalue weighted by molar-refractivity contribution is -0.112. The normalized spacial score (nSPS) is 31.8. The molecule has 0 aromatic carbocycles. The maximum atomic E-state index is 11.9. The number of carbonyl (C=O) groups excluding carboxylic acids is 2. The summed E-state index contributed by atoms with van der Waals surface area (Å²) in [6.07, 6.45) is 4.12. The Kier molecular flexibility index (Phi) is 3.11. The highest BCUT2D eigenvalue weighted by molar-refractivity contribution is 6.10. The monoisotopic (exact) mass is 246 g/mol. The fraction of sp³-hybridized carbons (Fsp3) is 0.467. The number of aliphatic hydroxyl groups is 1. The predicted octanol–water partition coefficient (Wildman–Crippen LogP) is 2.12. The van der Waals surface area contributed by atoms with Crippen LogP contribution in [0.1, 0.15) is 33.1 Å². The topological polar surface area (TPSA) is 54.4 Å². The molecule has 0 saturated heterocycles. The SMILES string of the molecule is C=C(C=O)[C@@H]1CCC(C)=C2C(=O)C=C(C)[C@@]2(O)C1. The number of hydrogen-bond acceptors (Lipinski definition) is 3. The van der Waals surface area contributed by atoms with Gasteiger partial charge in [-0.3, -0.25) is 9.59 Å². The van der Waals surface area contributed by atoms with Crippen molar-refractivity contribution >= 4 is 12.1 Å². The minimum absolute atomic E-state index is 0.0609. The first kappa shape index (κ1) is 13.0. The van der Waals surface area contributed by atoms with Gasteiger partial charge in [0.25, 0.3) is 0 Å². The van der Waals surface area contributed by atoms with Crippen molar-refractivity contribution in [1.29, 1.82) is 0 Å². The van der Waals surface area contributed by atoms with Crippen molar-refractivity contribution in [2.75, 3.05) is 0 Å². The third-order valence-electron chi connectivity index (χ3n) is 4.17. The zero-order valence-electron chi connectivity index (χ0n) is 10.8. The van der Waals surface area contributed by atoms with Crippen molar-refractivity contribution in [2.45, 2.75) is 38.7 Å². The highest BCUT2D eigenvalue weighted by Crippen LogP contribution is 2.45. The first-order valence-electron chi connectivity index (χ1n) is 6.20. The van der Waals surface area contributed by atoms with E-state index >= 15 is 0 Å². The fourth-order valence-corrected chi connectivity index (χ4v) is 3.00. The summed E-state index contributed by atoms with van der Waals surface area (Å²) in [5, 5.41) is 10.8. The van der Waals surface area contributed by atoms with Crippen LogP contribution < -0.4 is 0 Å². The Morgan fingerprint density at radius 1 is 1.56 bits per heavy atom. The standard InChI is InChI=1S/C15H18O3/c1-9-4-5-12(10(2)8-16)7-15(18)11(3)6-13(17)14(9)15/h6,8,12,18H,2,4-5,7H2,1,3H3/t12-,15+/m1/s1. The van der Waals surface area contributed by atoms with Gasteiger partial charge in [0.15, 0.2) is 5.78 Å². The Balaban J connectivity index is 2.45. The molecule has 2 aliphatic rings. The van der Waals surface area contributed by atoms with E-state index in [-0.39, 0.29) is 11.7 Å². The van der Waals surface area contributed by atoms with Gasteiger partial charge >= 0.3 is 0 Å². The molecule has 2 rings (SSSR count). The highest BCUT2D eigenvalue weighted by atomic mass is 16.3. The second kappa shape index (κ2) is 4.32. The summed E-state index contributed by atoms with van der Waals surface area (Å²) in [5.41, 5.74) is 1.42. The number of hydrogen-bond donors (Lipinski definition) is 1. The van der Waals surface area contributed by atoms with Crippen LogP contribution >= 0.6 is 0 Å². The number of rotatable bonds is 2. The highest BCUT2D eigenvalue weighted by Gasteiger charge is 2.46. The molecule has 0 unspecified atom stereocenters. The first-order chi connectivity index (χ1) is 8.40. The summed E-state index contributed by atoms with van der Waals surface area (Å²) in [4.78, 5) is 22.8. The summed E-state index contributed by atoms with van der Waals surface area (Å²) in [7, 11) is 0. The molecule has 2 atom stereocenters. The quantitative estimate of drug-likeness (QED) is 0.599. The maximum Gasteiger partial charge on any atom is 0.185 e. The van der Waals surface area contributed by atoms with Gasteiger partial charge in [0, 0.05) is 5.57 Å². The van der Waals surface area contributed by atoms with Gasteiger partial charge in [-0.15, -0.1) is 0 Å². The van der Waals surface area contributed by atoms with Crippen LogP contribution in [0.5, 0.6) is 0 Å². The molecule has 0 radical (unpaired) electrons. The van der Waals surface area contributed by atoms with Crippen LogP contribution in [0.3, 0.4) is 0 Å². The molecule has 96 valence electrons. The average Bonchev–Trinajstić information content (AvgIpc) is 2.46. The van der Waals surface area contributed by atoms with Gasteiger partial charge < -0.3 is 5.11 Å². The lowest BCUT2D eigenvalue weighted by Crippen LogP contribution is -2.33. The molecule has 0 aliphatic heterocycles. The lowest BCUT2D eigenvalue weighted by atomic mass is 9.81. The molecule has 1 N–H and O–H groups in total. The maximum absolute atomic E-state index is 11.9. The van der Waals surface area contributed by atoms with E-state index in [1.807, 2.05) is 6.92 Å². The molecule has 0 fully saturated rings. The van der Waals surface area contributed by atoms with Gasteiger partial charge in [0.1, 0.15) is 11.9 Å². The molecule has 2 aliphatic carbocycles. The Labute approximate surface area is 107 Å². The Hall–Kier alpha value is -1.48. The molecule has 3 heteroatoms. The van der Waals surface area contributed by atoms with Crippen molar-refractivity contribution in [2.24, 2.45) is 5.92 Å². The summed E-state index contributed by atoms with van der Waals surface area (Å²) in [5.74, 6) is -0.154. The molecule has 0 bridgehead atoms. The number of allylic oxidation sites excluding steroid dienone is 3. The molecule has 0 spiro atoms. The molecule has 0 amide bonds. The molecule has 0 aromatic heterocycles. The third-order valence-corrected chi connectivity index (χ3v) is 4.17.